The van der Waals surface area contributed by atoms with Crippen molar-refractivity contribution in [3.63, 3.8) is 0 Å². The van der Waals surface area contributed by atoms with Crippen molar-refractivity contribution in [1.29, 1.82) is 0 Å². The molecule has 0 aromatic carbocycles. The molecule has 0 radical (unpaired) electrons. The maximum atomic E-state index is 9.52. The smallest absolute Gasteiger partial charge is 0.137 e. The van der Waals surface area contributed by atoms with Crippen LogP contribution >= 0.6 is 0 Å². The first-order valence-electron chi connectivity index (χ1n) is 6.46. The first-order valence-corrected chi connectivity index (χ1v) is 6.46. The zero-order valence-electron chi connectivity index (χ0n) is 10.3. The molecule has 2 nitrogen and oxygen atoms in total. The Morgan fingerprint density at radius 2 is 1.75 bits per heavy atom. The summed E-state index contributed by atoms with van der Waals surface area (Å²) in [6.07, 6.45) is 13.4. The Balaban J connectivity index is 2.05. The second-order valence-corrected chi connectivity index (χ2v) is 4.38. The van der Waals surface area contributed by atoms with Crippen molar-refractivity contribution in [3.05, 3.63) is 24.0 Å². The van der Waals surface area contributed by atoms with Crippen LogP contribution in [0.15, 0.2) is 18.5 Å². The van der Waals surface area contributed by atoms with Crippen LogP contribution in [0.1, 0.15) is 57.4 Å². The summed E-state index contributed by atoms with van der Waals surface area (Å²) >= 11 is 0. The molecule has 0 aliphatic carbocycles. The molecule has 0 saturated carbocycles. The molecule has 0 fully saturated rings. The molecule has 0 spiro atoms. The second kappa shape index (κ2) is 8.14. The Kier molecular flexibility index (Phi) is 6.62. The van der Waals surface area contributed by atoms with E-state index in [9.17, 15) is 5.11 Å². The first-order chi connectivity index (χ1) is 7.84. The molecular weight excluding hydrogens is 198 g/mol. The van der Waals surface area contributed by atoms with E-state index in [4.69, 9.17) is 0 Å². The highest BCUT2D eigenvalue weighted by Crippen LogP contribution is 2.17. The minimum Gasteiger partial charge on any atom is -0.506 e. The van der Waals surface area contributed by atoms with Gasteiger partial charge in [-0.2, -0.15) is 0 Å². The molecule has 0 bridgehead atoms. The number of hydrogen-bond acceptors (Lipinski definition) is 2. The van der Waals surface area contributed by atoms with E-state index in [1.807, 2.05) is 6.07 Å². The maximum absolute atomic E-state index is 9.52. The van der Waals surface area contributed by atoms with E-state index in [2.05, 4.69) is 11.9 Å². The van der Waals surface area contributed by atoms with Gasteiger partial charge in [0.1, 0.15) is 5.75 Å². The summed E-state index contributed by atoms with van der Waals surface area (Å²) in [5.74, 6) is 0.341. The van der Waals surface area contributed by atoms with Crippen molar-refractivity contribution in [2.24, 2.45) is 0 Å². The zero-order chi connectivity index (χ0) is 11.6. The fraction of sp³-hybridized carbons (Fsp3) is 0.643. The molecule has 1 N–H and O–H groups in total. The highest BCUT2D eigenvalue weighted by Gasteiger charge is 1.99. The normalized spacial score (nSPS) is 10.6. The molecule has 0 atom stereocenters. The van der Waals surface area contributed by atoms with E-state index in [0.717, 1.165) is 12.0 Å². The highest BCUT2D eigenvalue weighted by molar-refractivity contribution is 5.27. The van der Waals surface area contributed by atoms with Crippen LogP contribution in [0.4, 0.5) is 0 Å². The van der Waals surface area contributed by atoms with Crippen LogP contribution in [0, 0.1) is 0 Å². The van der Waals surface area contributed by atoms with Gasteiger partial charge in [-0.3, -0.25) is 4.98 Å². The molecule has 90 valence electrons. The zero-order valence-corrected chi connectivity index (χ0v) is 10.3. The van der Waals surface area contributed by atoms with E-state index in [0.29, 0.717) is 5.75 Å². The lowest BCUT2D eigenvalue weighted by Crippen LogP contribution is -1.88. The Morgan fingerprint density at radius 3 is 2.44 bits per heavy atom. The average Bonchev–Trinajstić information content (AvgIpc) is 2.30. The fourth-order valence-corrected chi connectivity index (χ4v) is 1.90. The SMILES string of the molecule is CCCCCCCCCc1ccncc1O. The summed E-state index contributed by atoms with van der Waals surface area (Å²) in [7, 11) is 0. The minimum absolute atomic E-state index is 0.341. The van der Waals surface area contributed by atoms with Crippen LogP contribution in [0.3, 0.4) is 0 Å². The number of rotatable bonds is 8. The Morgan fingerprint density at radius 1 is 1.06 bits per heavy atom. The van der Waals surface area contributed by atoms with Gasteiger partial charge in [0, 0.05) is 6.20 Å². The van der Waals surface area contributed by atoms with Crippen molar-refractivity contribution in [2.75, 3.05) is 0 Å². The van der Waals surface area contributed by atoms with Gasteiger partial charge >= 0.3 is 0 Å². The third-order valence-electron chi connectivity index (χ3n) is 2.94. The molecule has 0 aliphatic heterocycles. The van der Waals surface area contributed by atoms with E-state index in [-0.39, 0.29) is 0 Å². The van der Waals surface area contributed by atoms with Crippen molar-refractivity contribution in [2.45, 2.75) is 58.3 Å². The lowest BCUT2D eigenvalue weighted by atomic mass is 10.0. The van der Waals surface area contributed by atoms with E-state index in [1.54, 1.807) is 6.20 Å². The summed E-state index contributed by atoms with van der Waals surface area (Å²) in [6, 6.07) is 1.91. The predicted molar refractivity (Wildman–Crippen MR) is 67.6 cm³/mol. The van der Waals surface area contributed by atoms with Gasteiger partial charge in [0.2, 0.25) is 0 Å². The van der Waals surface area contributed by atoms with Crippen LogP contribution in [-0.4, -0.2) is 10.1 Å². The topological polar surface area (TPSA) is 33.1 Å². The summed E-state index contributed by atoms with van der Waals surface area (Å²) in [5.41, 5.74) is 1.03. The minimum atomic E-state index is 0.341. The largest absolute Gasteiger partial charge is 0.506 e. The molecule has 2 heteroatoms. The predicted octanol–water partition coefficient (Wildman–Crippen LogP) is 4.08. The number of pyridine rings is 1. The van der Waals surface area contributed by atoms with Crippen molar-refractivity contribution < 1.29 is 5.11 Å². The van der Waals surface area contributed by atoms with Gasteiger partial charge in [-0.05, 0) is 24.5 Å². The summed E-state index contributed by atoms with van der Waals surface area (Å²) in [6.45, 7) is 2.24. The molecule has 16 heavy (non-hydrogen) atoms. The third kappa shape index (κ3) is 5.15. The van der Waals surface area contributed by atoms with Crippen LogP contribution < -0.4 is 0 Å². The summed E-state index contributed by atoms with van der Waals surface area (Å²) in [4.78, 5) is 3.87. The number of nitrogens with zero attached hydrogens (tertiary/aromatic N) is 1. The average molecular weight is 221 g/mol. The second-order valence-electron chi connectivity index (χ2n) is 4.38. The van der Waals surface area contributed by atoms with Crippen LogP contribution in [-0.2, 0) is 6.42 Å². The van der Waals surface area contributed by atoms with E-state index in [1.165, 1.54) is 51.1 Å². The molecule has 1 aromatic rings. The number of aryl methyl sites for hydroxylation is 1. The highest BCUT2D eigenvalue weighted by atomic mass is 16.3. The molecule has 0 amide bonds. The Bertz CT molecular complexity index is 286. The lowest BCUT2D eigenvalue weighted by molar-refractivity contribution is 0.463. The Labute approximate surface area is 98.7 Å². The molecule has 1 rings (SSSR count). The van der Waals surface area contributed by atoms with Crippen LogP contribution in [0.2, 0.25) is 0 Å². The number of hydrogen-bond donors (Lipinski definition) is 1. The first kappa shape index (κ1) is 13.0. The molecular formula is C14H23NO. The molecule has 1 aromatic heterocycles. The molecule has 0 unspecified atom stereocenters. The Hall–Kier alpha value is -1.05. The van der Waals surface area contributed by atoms with Crippen molar-refractivity contribution in [1.82, 2.24) is 4.98 Å². The molecule has 0 aliphatic rings. The van der Waals surface area contributed by atoms with Crippen molar-refractivity contribution in [3.8, 4) is 5.75 Å². The van der Waals surface area contributed by atoms with Crippen LogP contribution in [0.5, 0.6) is 5.75 Å². The summed E-state index contributed by atoms with van der Waals surface area (Å²) < 4.78 is 0. The number of unbranched alkanes of at least 4 members (excludes halogenated alkanes) is 6. The number of aromatic nitrogens is 1. The van der Waals surface area contributed by atoms with Gasteiger partial charge < -0.3 is 5.11 Å². The van der Waals surface area contributed by atoms with Crippen LogP contribution in [0.25, 0.3) is 0 Å². The van der Waals surface area contributed by atoms with Gasteiger partial charge in [0.15, 0.2) is 0 Å². The molecule has 1 heterocycles. The van der Waals surface area contributed by atoms with Gasteiger partial charge in [-0.15, -0.1) is 0 Å². The van der Waals surface area contributed by atoms with E-state index >= 15 is 0 Å². The van der Waals surface area contributed by atoms with E-state index < -0.39 is 0 Å². The standard InChI is InChI=1S/C14H23NO/c1-2-3-4-5-6-7-8-9-13-10-11-15-12-14(13)16/h10-12,16H,2-9H2,1H3. The third-order valence-corrected chi connectivity index (χ3v) is 2.94. The summed E-state index contributed by atoms with van der Waals surface area (Å²) in [5, 5.41) is 9.52. The van der Waals surface area contributed by atoms with Gasteiger partial charge in [0.05, 0.1) is 6.20 Å². The van der Waals surface area contributed by atoms with Gasteiger partial charge in [0.25, 0.3) is 0 Å². The van der Waals surface area contributed by atoms with Crippen molar-refractivity contribution >= 4 is 0 Å². The lowest BCUT2D eigenvalue weighted by Gasteiger charge is -2.03. The number of aromatic hydroxyl groups is 1. The van der Waals surface area contributed by atoms with Gasteiger partial charge in [-0.25, -0.2) is 0 Å². The quantitative estimate of drug-likeness (QED) is 0.671. The maximum Gasteiger partial charge on any atom is 0.137 e. The monoisotopic (exact) mass is 221 g/mol. The van der Waals surface area contributed by atoms with Gasteiger partial charge in [-0.1, -0.05) is 45.4 Å². The molecule has 0 saturated heterocycles. The fourth-order valence-electron chi connectivity index (χ4n) is 1.90.